The van der Waals surface area contributed by atoms with E-state index in [1.807, 2.05) is 7.05 Å². The quantitative estimate of drug-likeness (QED) is 0.811. The van der Waals surface area contributed by atoms with E-state index in [4.69, 9.17) is 4.74 Å². The SMILES string of the molecule is CN1C(=O)CCc2ccc(C3CNCCO3)cc21. The third kappa shape index (κ3) is 2.02. The summed E-state index contributed by atoms with van der Waals surface area (Å²) in [5.41, 5.74) is 3.45. The third-order valence-corrected chi connectivity index (χ3v) is 3.75. The van der Waals surface area contributed by atoms with E-state index in [0.29, 0.717) is 6.42 Å². The number of nitrogens with zero attached hydrogens (tertiary/aromatic N) is 1. The van der Waals surface area contributed by atoms with E-state index in [1.54, 1.807) is 4.90 Å². The van der Waals surface area contributed by atoms with Crippen LogP contribution < -0.4 is 10.2 Å². The Hall–Kier alpha value is -1.39. The fraction of sp³-hybridized carbons (Fsp3) is 0.500. The fourth-order valence-electron chi connectivity index (χ4n) is 2.63. The van der Waals surface area contributed by atoms with E-state index in [9.17, 15) is 4.79 Å². The number of carbonyl (C=O) groups is 1. The topological polar surface area (TPSA) is 41.6 Å². The number of carbonyl (C=O) groups excluding carboxylic acids is 1. The molecule has 0 radical (unpaired) electrons. The zero-order valence-electron chi connectivity index (χ0n) is 10.6. The minimum Gasteiger partial charge on any atom is -0.371 e. The molecule has 96 valence electrons. The van der Waals surface area contributed by atoms with Crippen LogP contribution in [0, 0.1) is 0 Å². The van der Waals surface area contributed by atoms with Crippen molar-refractivity contribution < 1.29 is 9.53 Å². The van der Waals surface area contributed by atoms with E-state index in [0.717, 1.165) is 37.4 Å². The van der Waals surface area contributed by atoms with Crippen LogP contribution in [0.15, 0.2) is 18.2 Å². The smallest absolute Gasteiger partial charge is 0.227 e. The molecule has 0 bridgehead atoms. The first kappa shape index (κ1) is 11.7. The summed E-state index contributed by atoms with van der Waals surface area (Å²) in [6.45, 7) is 2.51. The van der Waals surface area contributed by atoms with E-state index < -0.39 is 0 Å². The zero-order chi connectivity index (χ0) is 12.5. The van der Waals surface area contributed by atoms with Gasteiger partial charge in [-0.3, -0.25) is 4.79 Å². The van der Waals surface area contributed by atoms with Crippen LogP contribution >= 0.6 is 0 Å². The first-order chi connectivity index (χ1) is 8.75. The summed E-state index contributed by atoms with van der Waals surface area (Å²) in [6.07, 6.45) is 1.57. The van der Waals surface area contributed by atoms with Crippen molar-refractivity contribution in [3.63, 3.8) is 0 Å². The number of anilines is 1. The minimum atomic E-state index is 0.106. The van der Waals surface area contributed by atoms with Crippen molar-refractivity contribution in [2.24, 2.45) is 0 Å². The predicted octanol–water partition coefficient (Wildman–Crippen LogP) is 1.26. The number of fused-ring (bicyclic) bond motifs is 1. The van der Waals surface area contributed by atoms with Gasteiger partial charge in [0, 0.05) is 32.2 Å². The molecule has 1 unspecified atom stereocenters. The lowest BCUT2D eigenvalue weighted by molar-refractivity contribution is -0.118. The van der Waals surface area contributed by atoms with Gasteiger partial charge in [-0.25, -0.2) is 0 Å². The molecule has 4 heteroatoms. The standard InChI is InChI=1S/C14H18N2O2/c1-16-12-8-11(13-9-15-6-7-18-13)3-2-10(12)4-5-14(16)17/h2-3,8,13,15H,4-7,9H2,1H3. The highest BCUT2D eigenvalue weighted by Gasteiger charge is 2.23. The Bertz CT molecular complexity index is 467. The van der Waals surface area contributed by atoms with Gasteiger partial charge in [0.2, 0.25) is 5.91 Å². The van der Waals surface area contributed by atoms with E-state index in [2.05, 4.69) is 23.5 Å². The molecule has 0 aromatic heterocycles. The average molecular weight is 246 g/mol. The first-order valence-electron chi connectivity index (χ1n) is 6.47. The molecule has 1 atom stereocenters. The molecule has 4 nitrogen and oxygen atoms in total. The maximum atomic E-state index is 11.7. The van der Waals surface area contributed by atoms with E-state index in [1.165, 1.54) is 5.56 Å². The second kappa shape index (κ2) is 4.71. The summed E-state index contributed by atoms with van der Waals surface area (Å²) >= 11 is 0. The molecule has 2 aliphatic heterocycles. The monoisotopic (exact) mass is 246 g/mol. The average Bonchev–Trinajstić information content (AvgIpc) is 2.44. The van der Waals surface area contributed by atoms with Gasteiger partial charge in [0.1, 0.15) is 0 Å². The molecule has 3 rings (SSSR count). The molecule has 1 aromatic carbocycles. The number of hydrogen-bond acceptors (Lipinski definition) is 3. The molecule has 1 saturated heterocycles. The summed E-state index contributed by atoms with van der Waals surface area (Å²) in [6, 6.07) is 6.36. The maximum Gasteiger partial charge on any atom is 0.227 e. The first-order valence-corrected chi connectivity index (χ1v) is 6.47. The van der Waals surface area contributed by atoms with Crippen molar-refractivity contribution in [3.05, 3.63) is 29.3 Å². The lowest BCUT2D eigenvalue weighted by Gasteiger charge is -2.29. The third-order valence-electron chi connectivity index (χ3n) is 3.75. The van der Waals surface area contributed by atoms with Gasteiger partial charge in [-0.15, -0.1) is 0 Å². The molecule has 1 aromatic rings. The van der Waals surface area contributed by atoms with Crippen molar-refractivity contribution in [1.82, 2.24) is 5.32 Å². The van der Waals surface area contributed by atoms with Crippen LogP contribution in [0.25, 0.3) is 0 Å². The van der Waals surface area contributed by atoms with Crippen molar-refractivity contribution in [3.8, 4) is 0 Å². The Balaban J connectivity index is 1.91. The van der Waals surface area contributed by atoms with Gasteiger partial charge in [0.15, 0.2) is 0 Å². The molecule has 1 amide bonds. The predicted molar refractivity (Wildman–Crippen MR) is 69.7 cm³/mol. The summed E-state index contributed by atoms with van der Waals surface area (Å²) < 4.78 is 5.75. The molecular formula is C14H18N2O2. The Labute approximate surface area is 107 Å². The summed E-state index contributed by atoms with van der Waals surface area (Å²) in [7, 11) is 1.85. The van der Waals surface area contributed by atoms with Crippen LogP contribution in [0.3, 0.4) is 0 Å². The number of rotatable bonds is 1. The number of amides is 1. The molecule has 0 saturated carbocycles. The van der Waals surface area contributed by atoms with Crippen molar-refractivity contribution in [2.75, 3.05) is 31.6 Å². The maximum absolute atomic E-state index is 11.7. The Morgan fingerprint density at radius 2 is 2.28 bits per heavy atom. The molecule has 0 spiro atoms. The van der Waals surface area contributed by atoms with Crippen molar-refractivity contribution in [1.29, 1.82) is 0 Å². The van der Waals surface area contributed by atoms with Gasteiger partial charge in [-0.05, 0) is 23.6 Å². The highest BCUT2D eigenvalue weighted by molar-refractivity contribution is 5.95. The Morgan fingerprint density at radius 1 is 1.39 bits per heavy atom. The summed E-state index contributed by atoms with van der Waals surface area (Å²) in [5, 5.41) is 3.33. The van der Waals surface area contributed by atoms with E-state index in [-0.39, 0.29) is 12.0 Å². The number of aryl methyl sites for hydroxylation is 1. The van der Waals surface area contributed by atoms with Crippen LogP contribution in [-0.2, 0) is 16.0 Å². The molecule has 2 heterocycles. The van der Waals surface area contributed by atoms with Crippen LogP contribution in [-0.4, -0.2) is 32.7 Å². The highest BCUT2D eigenvalue weighted by Crippen LogP contribution is 2.30. The van der Waals surface area contributed by atoms with Gasteiger partial charge in [-0.1, -0.05) is 12.1 Å². The second-order valence-corrected chi connectivity index (χ2v) is 4.90. The number of benzene rings is 1. The van der Waals surface area contributed by atoms with Gasteiger partial charge >= 0.3 is 0 Å². The molecule has 1 N–H and O–H groups in total. The number of nitrogens with one attached hydrogen (secondary N) is 1. The molecule has 1 fully saturated rings. The van der Waals surface area contributed by atoms with Crippen molar-refractivity contribution in [2.45, 2.75) is 18.9 Å². The normalized spacial score (nSPS) is 23.9. The Morgan fingerprint density at radius 3 is 3.06 bits per heavy atom. The number of morpholine rings is 1. The number of hydrogen-bond donors (Lipinski definition) is 1. The highest BCUT2D eigenvalue weighted by atomic mass is 16.5. The van der Waals surface area contributed by atoms with Gasteiger partial charge in [0.25, 0.3) is 0 Å². The fourth-order valence-corrected chi connectivity index (χ4v) is 2.63. The second-order valence-electron chi connectivity index (χ2n) is 4.90. The largest absolute Gasteiger partial charge is 0.371 e. The Kier molecular flexibility index (Phi) is 3.06. The summed E-state index contributed by atoms with van der Waals surface area (Å²) in [5.74, 6) is 0.197. The molecule has 0 aliphatic carbocycles. The lowest BCUT2D eigenvalue weighted by Crippen LogP contribution is -2.34. The molecule has 18 heavy (non-hydrogen) atoms. The van der Waals surface area contributed by atoms with E-state index >= 15 is 0 Å². The molecule has 2 aliphatic rings. The van der Waals surface area contributed by atoms with Crippen LogP contribution in [0.2, 0.25) is 0 Å². The molecular weight excluding hydrogens is 228 g/mol. The number of ether oxygens (including phenoxy) is 1. The minimum absolute atomic E-state index is 0.106. The lowest BCUT2D eigenvalue weighted by atomic mass is 9.97. The zero-order valence-corrected chi connectivity index (χ0v) is 10.6. The van der Waals surface area contributed by atoms with Gasteiger partial charge in [-0.2, -0.15) is 0 Å². The van der Waals surface area contributed by atoms with Gasteiger partial charge < -0.3 is 15.0 Å². The van der Waals surface area contributed by atoms with Crippen LogP contribution in [0.4, 0.5) is 5.69 Å². The summed E-state index contributed by atoms with van der Waals surface area (Å²) in [4.78, 5) is 13.5. The van der Waals surface area contributed by atoms with Crippen molar-refractivity contribution >= 4 is 11.6 Å². The van der Waals surface area contributed by atoms with Gasteiger partial charge in [0.05, 0.1) is 12.7 Å². The van der Waals surface area contributed by atoms with Crippen LogP contribution in [0.5, 0.6) is 0 Å². The van der Waals surface area contributed by atoms with Crippen LogP contribution in [0.1, 0.15) is 23.7 Å².